The average molecular weight is 292 g/mol. The average Bonchev–Trinajstić information content (AvgIpc) is 2.44. The van der Waals surface area contributed by atoms with E-state index in [1.54, 1.807) is 0 Å². The number of aryl methyl sites for hydroxylation is 1. The number of anilines is 1. The predicted molar refractivity (Wildman–Crippen MR) is 81.8 cm³/mol. The summed E-state index contributed by atoms with van der Waals surface area (Å²) < 4.78 is 5.82. The summed E-state index contributed by atoms with van der Waals surface area (Å²) in [5.74, 6) is 2.08. The number of hydrogen-bond acceptors (Lipinski definition) is 4. The molecule has 0 radical (unpaired) electrons. The first-order valence-electron chi connectivity index (χ1n) is 6.61. The molecule has 0 amide bonds. The molecule has 0 saturated carbocycles. The zero-order valence-corrected chi connectivity index (χ0v) is 12.7. The first-order chi connectivity index (χ1) is 9.61. The van der Waals surface area contributed by atoms with Crippen molar-refractivity contribution in [1.29, 1.82) is 0 Å². The maximum atomic E-state index is 6.01. The molecule has 1 heterocycles. The van der Waals surface area contributed by atoms with Crippen LogP contribution in [0.15, 0.2) is 24.5 Å². The zero-order valence-electron chi connectivity index (χ0n) is 11.9. The van der Waals surface area contributed by atoms with Crippen molar-refractivity contribution in [3.05, 3.63) is 40.7 Å². The van der Waals surface area contributed by atoms with Gasteiger partial charge in [0.25, 0.3) is 0 Å². The van der Waals surface area contributed by atoms with Gasteiger partial charge in [-0.25, -0.2) is 9.97 Å². The van der Waals surface area contributed by atoms with Gasteiger partial charge in [0, 0.05) is 11.6 Å². The van der Waals surface area contributed by atoms with E-state index in [2.05, 4.69) is 22.2 Å². The molecule has 1 N–H and O–H groups in total. The van der Waals surface area contributed by atoms with Crippen LogP contribution in [0.3, 0.4) is 0 Å². The number of nitrogens with zero attached hydrogens (tertiary/aromatic N) is 2. The van der Waals surface area contributed by atoms with Gasteiger partial charge in [-0.2, -0.15) is 0 Å². The van der Waals surface area contributed by atoms with Gasteiger partial charge in [0.15, 0.2) is 0 Å². The van der Waals surface area contributed by atoms with Crippen LogP contribution >= 0.6 is 11.6 Å². The van der Waals surface area contributed by atoms with Crippen LogP contribution in [-0.2, 0) is 0 Å². The Morgan fingerprint density at radius 2 is 2.05 bits per heavy atom. The summed E-state index contributed by atoms with van der Waals surface area (Å²) in [6.45, 7) is 6.86. The Balaban J connectivity index is 2.22. The van der Waals surface area contributed by atoms with Crippen molar-refractivity contribution in [1.82, 2.24) is 9.97 Å². The van der Waals surface area contributed by atoms with Gasteiger partial charge in [0.2, 0.25) is 5.88 Å². The van der Waals surface area contributed by atoms with Crippen LogP contribution in [-0.4, -0.2) is 16.5 Å². The van der Waals surface area contributed by atoms with Crippen molar-refractivity contribution in [3.8, 4) is 11.6 Å². The maximum absolute atomic E-state index is 6.01. The van der Waals surface area contributed by atoms with E-state index in [9.17, 15) is 0 Å². The molecule has 5 heteroatoms. The van der Waals surface area contributed by atoms with E-state index < -0.39 is 0 Å². The fraction of sp³-hybridized carbons (Fsp3) is 0.333. The lowest BCUT2D eigenvalue weighted by molar-refractivity contribution is 0.457. The number of rotatable bonds is 5. The molecule has 0 aliphatic rings. The number of aromatic nitrogens is 2. The quantitative estimate of drug-likeness (QED) is 0.889. The van der Waals surface area contributed by atoms with Crippen LogP contribution in [0.25, 0.3) is 0 Å². The first kappa shape index (κ1) is 14.6. The molecular formula is C15H18ClN3O. The van der Waals surface area contributed by atoms with Gasteiger partial charge in [0.05, 0.1) is 5.56 Å². The number of ether oxygens (including phenoxy) is 1. The van der Waals surface area contributed by atoms with E-state index in [0.717, 1.165) is 40.7 Å². The minimum atomic E-state index is 0.556. The SMILES string of the molecule is CCCNc1ncnc(Oc2ccc(Cl)c(C)c2)c1C. The van der Waals surface area contributed by atoms with Crippen LogP contribution in [0.4, 0.5) is 5.82 Å². The molecule has 1 aromatic carbocycles. The van der Waals surface area contributed by atoms with Crippen LogP contribution < -0.4 is 10.1 Å². The highest BCUT2D eigenvalue weighted by atomic mass is 35.5. The summed E-state index contributed by atoms with van der Waals surface area (Å²) >= 11 is 6.01. The Hall–Kier alpha value is -1.81. The lowest BCUT2D eigenvalue weighted by Crippen LogP contribution is -2.05. The number of nitrogens with one attached hydrogen (secondary N) is 1. The number of halogens is 1. The summed E-state index contributed by atoms with van der Waals surface area (Å²) in [6, 6.07) is 5.54. The third-order valence-corrected chi connectivity index (χ3v) is 3.35. The molecule has 4 nitrogen and oxygen atoms in total. The minimum absolute atomic E-state index is 0.556. The van der Waals surface area contributed by atoms with Crippen molar-refractivity contribution in [2.45, 2.75) is 27.2 Å². The smallest absolute Gasteiger partial charge is 0.227 e. The summed E-state index contributed by atoms with van der Waals surface area (Å²) in [4.78, 5) is 8.41. The molecule has 0 fully saturated rings. The van der Waals surface area contributed by atoms with Gasteiger partial charge in [-0.15, -0.1) is 0 Å². The fourth-order valence-electron chi connectivity index (χ4n) is 1.75. The molecule has 0 unspecified atom stereocenters. The van der Waals surface area contributed by atoms with Crippen LogP contribution in [0.5, 0.6) is 11.6 Å². The predicted octanol–water partition coefficient (Wildman–Crippen LogP) is 4.36. The van der Waals surface area contributed by atoms with Gasteiger partial charge >= 0.3 is 0 Å². The molecule has 0 bridgehead atoms. The van der Waals surface area contributed by atoms with Crippen molar-refractivity contribution in [2.24, 2.45) is 0 Å². The lowest BCUT2D eigenvalue weighted by Gasteiger charge is -2.12. The van der Waals surface area contributed by atoms with Crippen molar-refractivity contribution < 1.29 is 4.74 Å². The van der Waals surface area contributed by atoms with Crippen LogP contribution in [0.2, 0.25) is 5.02 Å². The van der Waals surface area contributed by atoms with E-state index in [1.165, 1.54) is 6.33 Å². The molecule has 0 saturated heterocycles. The second-order valence-electron chi connectivity index (χ2n) is 4.59. The summed E-state index contributed by atoms with van der Waals surface area (Å²) in [6.07, 6.45) is 2.54. The van der Waals surface area contributed by atoms with Gasteiger partial charge in [-0.3, -0.25) is 0 Å². The molecule has 2 aromatic rings. The third-order valence-electron chi connectivity index (χ3n) is 2.92. The van der Waals surface area contributed by atoms with E-state index in [4.69, 9.17) is 16.3 Å². The molecule has 20 heavy (non-hydrogen) atoms. The molecule has 0 aliphatic heterocycles. The van der Waals surface area contributed by atoms with Gasteiger partial charge in [-0.1, -0.05) is 18.5 Å². The molecule has 0 spiro atoms. The van der Waals surface area contributed by atoms with E-state index >= 15 is 0 Å². The maximum Gasteiger partial charge on any atom is 0.227 e. The van der Waals surface area contributed by atoms with Crippen LogP contribution in [0, 0.1) is 13.8 Å². The topological polar surface area (TPSA) is 47.0 Å². The highest BCUT2D eigenvalue weighted by Gasteiger charge is 2.09. The standard InChI is InChI=1S/C15H18ClN3O/c1-4-7-17-14-11(3)15(19-9-18-14)20-12-5-6-13(16)10(2)8-12/h5-6,8-9H,4,7H2,1-3H3,(H,17,18,19). The number of benzene rings is 1. The highest BCUT2D eigenvalue weighted by Crippen LogP contribution is 2.28. The van der Waals surface area contributed by atoms with E-state index in [-0.39, 0.29) is 0 Å². The van der Waals surface area contributed by atoms with E-state index in [1.807, 2.05) is 32.0 Å². The van der Waals surface area contributed by atoms with Crippen LogP contribution in [0.1, 0.15) is 24.5 Å². The molecule has 106 valence electrons. The third kappa shape index (κ3) is 3.39. The highest BCUT2D eigenvalue weighted by molar-refractivity contribution is 6.31. The largest absolute Gasteiger partial charge is 0.439 e. The monoisotopic (exact) mass is 291 g/mol. The normalized spacial score (nSPS) is 10.4. The summed E-state index contributed by atoms with van der Waals surface area (Å²) in [7, 11) is 0. The second-order valence-corrected chi connectivity index (χ2v) is 5.00. The molecular weight excluding hydrogens is 274 g/mol. The Morgan fingerprint density at radius 3 is 2.75 bits per heavy atom. The van der Waals surface area contributed by atoms with Crippen molar-refractivity contribution in [3.63, 3.8) is 0 Å². The zero-order chi connectivity index (χ0) is 14.5. The first-order valence-corrected chi connectivity index (χ1v) is 6.99. The Labute approximate surface area is 124 Å². The van der Waals surface area contributed by atoms with Crippen molar-refractivity contribution in [2.75, 3.05) is 11.9 Å². The molecule has 1 aromatic heterocycles. The Kier molecular flexibility index (Phi) is 4.79. The Morgan fingerprint density at radius 1 is 1.25 bits per heavy atom. The van der Waals surface area contributed by atoms with Gasteiger partial charge in [0.1, 0.15) is 17.9 Å². The minimum Gasteiger partial charge on any atom is -0.439 e. The molecule has 2 rings (SSSR count). The second kappa shape index (κ2) is 6.57. The molecule has 0 aliphatic carbocycles. The Bertz CT molecular complexity index is 602. The van der Waals surface area contributed by atoms with Crippen molar-refractivity contribution >= 4 is 17.4 Å². The summed E-state index contributed by atoms with van der Waals surface area (Å²) in [5, 5.41) is 3.98. The number of hydrogen-bond donors (Lipinski definition) is 1. The van der Waals surface area contributed by atoms with Gasteiger partial charge < -0.3 is 10.1 Å². The van der Waals surface area contributed by atoms with Gasteiger partial charge in [-0.05, 0) is 44.0 Å². The summed E-state index contributed by atoms with van der Waals surface area (Å²) in [5.41, 5.74) is 1.87. The lowest BCUT2D eigenvalue weighted by atomic mass is 10.2. The fourth-order valence-corrected chi connectivity index (χ4v) is 1.87. The van der Waals surface area contributed by atoms with E-state index in [0.29, 0.717) is 5.88 Å². The molecule has 0 atom stereocenters.